The van der Waals surface area contributed by atoms with E-state index in [4.69, 9.17) is 0 Å². The number of halogens is 1. The van der Waals surface area contributed by atoms with Crippen molar-refractivity contribution in [2.24, 2.45) is 0 Å². The molecule has 0 aliphatic carbocycles. The van der Waals surface area contributed by atoms with E-state index in [2.05, 4.69) is 40.2 Å². The average molecular weight is 457 g/mol. The Morgan fingerprint density at radius 1 is 0.733 bits per heavy atom. The summed E-state index contributed by atoms with van der Waals surface area (Å²) < 4.78 is 0.930. The molecule has 0 atom stereocenters. The molecule has 0 bridgehead atoms. The molecule has 0 saturated heterocycles. The minimum Gasteiger partial charge on any atom is -0.507 e. The van der Waals surface area contributed by atoms with Gasteiger partial charge in [0.2, 0.25) is 0 Å². The largest absolute Gasteiger partial charge is 0.507 e. The van der Waals surface area contributed by atoms with Crippen LogP contribution in [0.4, 0.5) is 0 Å². The molecule has 4 rings (SSSR count). The van der Waals surface area contributed by atoms with Crippen molar-refractivity contribution in [2.45, 2.75) is 12.8 Å². The SMILES string of the molecule is O=C(Cc1cccc(-c2ccc(Cc3ccccc3)cc2)c1O)c1ccc(Br)cc1. The molecule has 0 spiro atoms. The van der Waals surface area contributed by atoms with Crippen LogP contribution in [-0.4, -0.2) is 10.9 Å². The molecule has 30 heavy (non-hydrogen) atoms. The van der Waals surface area contributed by atoms with Crippen LogP contribution in [-0.2, 0) is 12.8 Å². The van der Waals surface area contributed by atoms with E-state index in [-0.39, 0.29) is 18.0 Å². The first kappa shape index (κ1) is 20.1. The molecule has 3 heteroatoms. The number of rotatable bonds is 6. The molecule has 0 aromatic heterocycles. The fraction of sp³-hybridized carbons (Fsp3) is 0.0741. The number of Topliss-reactive ketones (excluding diaryl/α,β-unsaturated/α-hetero) is 1. The second-order valence-corrected chi connectivity index (χ2v) is 8.20. The Morgan fingerprint density at radius 2 is 1.40 bits per heavy atom. The third kappa shape index (κ3) is 4.69. The Morgan fingerprint density at radius 3 is 2.10 bits per heavy atom. The second-order valence-electron chi connectivity index (χ2n) is 7.28. The number of para-hydroxylation sites is 1. The smallest absolute Gasteiger partial charge is 0.167 e. The average Bonchev–Trinajstić information content (AvgIpc) is 2.77. The highest BCUT2D eigenvalue weighted by Crippen LogP contribution is 2.33. The number of benzene rings is 4. The summed E-state index contributed by atoms with van der Waals surface area (Å²) in [7, 11) is 0. The minimum absolute atomic E-state index is 0.0202. The number of hydrogen-bond acceptors (Lipinski definition) is 2. The lowest BCUT2D eigenvalue weighted by atomic mass is 9.96. The van der Waals surface area contributed by atoms with Gasteiger partial charge in [-0.2, -0.15) is 0 Å². The normalized spacial score (nSPS) is 10.7. The van der Waals surface area contributed by atoms with Crippen molar-refractivity contribution < 1.29 is 9.90 Å². The Balaban J connectivity index is 1.53. The Hall–Kier alpha value is -3.17. The van der Waals surface area contributed by atoms with Crippen LogP contribution in [0.3, 0.4) is 0 Å². The van der Waals surface area contributed by atoms with E-state index in [0.29, 0.717) is 11.1 Å². The maximum absolute atomic E-state index is 12.6. The van der Waals surface area contributed by atoms with E-state index in [1.165, 1.54) is 11.1 Å². The summed E-state index contributed by atoms with van der Waals surface area (Å²) in [6.07, 6.45) is 1.03. The number of aromatic hydroxyl groups is 1. The molecule has 0 saturated carbocycles. The molecule has 0 aliphatic heterocycles. The van der Waals surface area contributed by atoms with Crippen LogP contribution in [0, 0.1) is 0 Å². The van der Waals surface area contributed by atoms with E-state index in [1.54, 1.807) is 18.2 Å². The van der Waals surface area contributed by atoms with Crippen molar-refractivity contribution in [3.8, 4) is 16.9 Å². The second kappa shape index (κ2) is 9.10. The van der Waals surface area contributed by atoms with E-state index in [0.717, 1.165) is 22.0 Å². The van der Waals surface area contributed by atoms with Crippen LogP contribution < -0.4 is 0 Å². The highest BCUT2D eigenvalue weighted by Gasteiger charge is 2.14. The van der Waals surface area contributed by atoms with Gasteiger partial charge in [0.05, 0.1) is 0 Å². The van der Waals surface area contributed by atoms with Gasteiger partial charge in [0.1, 0.15) is 5.75 Å². The molecule has 148 valence electrons. The lowest BCUT2D eigenvalue weighted by Gasteiger charge is -2.11. The number of carbonyl (C=O) groups excluding carboxylic acids is 1. The summed E-state index contributed by atoms with van der Waals surface area (Å²) in [5, 5.41) is 10.8. The van der Waals surface area contributed by atoms with Crippen LogP contribution in [0.2, 0.25) is 0 Å². The third-order valence-electron chi connectivity index (χ3n) is 5.15. The van der Waals surface area contributed by atoms with E-state index in [9.17, 15) is 9.90 Å². The molecule has 0 radical (unpaired) electrons. The topological polar surface area (TPSA) is 37.3 Å². The maximum atomic E-state index is 12.6. The third-order valence-corrected chi connectivity index (χ3v) is 5.68. The van der Waals surface area contributed by atoms with Gasteiger partial charge in [-0.3, -0.25) is 4.79 Å². The molecular formula is C27H21BrO2. The van der Waals surface area contributed by atoms with Gasteiger partial charge in [0, 0.05) is 27.6 Å². The minimum atomic E-state index is -0.0202. The van der Waals surface area contributed by atoms with Gasteiger partial charge in [-0.05, 0) is 35.2 Å². The first-order chi connectivity index (χ1) is 14.6. The van der Waals surface area contributed by atoms with E-state index >= 15 is 0 Å². The number of phenols is 1. The summed E-state index contributed by atoms with van der Waals surface area (Å²) in [4.78, 5) is 12.6. The molecule has 0 aliphatic rings. The van der Waals surface area contributed by atoms with Crippen LogP contribution in [0.15, 0.2) is 102 Å². The quantitative estimate of drug-likeness (QED) is 0.322. The van der Waals surface area contributed by atoms with Crippen molar-refractivity contribution in [2.75, 3.05) is 0 Å². The zero-order valence-corrected chi connectivity index (χ0v) is 18.0. The Bertz CT molecular complexity index is 1150. The van der Waals surface area contributed by atoms with E-state index in [1.807, 2.05) is 54.6 Å². The van der Waals surface area contributed by atoms with Crippen molar-refractivity contribution in [1.82, 2.24) is 0 Å². The van der Waals surface area contributed by atoms with Crippen molar-refractivity contribution in [1.29, 1.82) is 0 Å². The highest BCUT2D eigenvalue weighted by atomic mass is 79.9. The van der Waals surface area contributed by atoms with Gasteiger partial charge in [-0.25, -0.2) is 0 Å². The highest BCUT2D eigenvalue weighted by molar-refractivity contribution is 9.10. The maximum Gasteiger partial charge on any atom is 0.167 e. The van der Waals surface area contributed by atoms with Gasteiger partial charge < -0.3 is 5.11 Å². The molecular weight excluding hydrogens is 436 g/mol. The molecule has 4 aromatic rings. The first-order valence-corrected chi connectivity index (χ1v) is 10.6. The van der Waals surface area contributed by atoms with Gasteiger partial charge in [0.25, 0.3) is 0 Å². The molecule has 0 amide bonds. The van der Waals surface area contributed by atoms with Crippen molar-refractivity contribution in [3.63, 3.8) is 0 Å². The summed E-state index contributed by atoms with van der Waals surface area (Å²) in [6, 6.07) is 31.4. The molecule has 2 nitrogen and oxygen atoms in total. The first-order valence-electron chi connectivity index (χ1n) is 9.83. The zero-order chi connectivity index (χ0) is 20.9. The zero-order valence-electron chi connectivity index (χ0n) is 16.4. The molecule has 0 unspecified atom stereocenters. The van der Waals surface area contributed by atoms with Crippen molar-refractivity contribution in [3.05, 3.63) is 124 Å². The van der Waals surface area contributed by atoms with Gasteiger partial charge in [-0.1, -0.05) is 101 Å². The van der Waals surface area contributed by atoms with Gasteiger partial charge >= 0.3 is 0 Å². The monoisotopic (exact) mass is 456 g/mol. The number of ketones is 1. The Kier molecular flexibility index (Phi) is 6.10. The predicted molar refractivity (Wildman–Crippen MR) is 125 cm³/mol. The molecule has 1 N–H and O–H groups in total. The fourth-order valence-corrected chi connectivity index (χ4v) is 3.78. The van der Waals surface area contributed by atoms with Gasteiger partial charge in [0.15, 0.2) is 5.78 Å². The van der Waals surface area contributed by atoms with Crippen molar-refractivity contribution >= 4 is 21.7 Å². The standard InChI is InChI=1S/C27H21BrO2/c28-24-15-13-22(14-16-24)26(29)18-23-7-4-8-25(27(23)30)21-11-9-20(10-12-21)17-19-5-2-1-3-6-19/h1-16,30H,17-18H2. The van der Waals surface area contributed by atoms with Crippen LogP contribution in [0.5, 0.6) is 5.75 Å². The molecule has 4 aromatic carbocycles. The lowest BCUT2D eigenvalue weighted by Crippen LogP contribution is -2.04. The number of phenolic OH excluding ortho intramolecular Hbond substituents is 1. The van der Waals surface area contributed by atoms with Crippen LogP contribution in [0.1, 0.15) is 27.0 Å². The fourth-order valence-electron chi connectivity index (χ4n) is 3.51. The van der Waals surface area contributed by atoms with Gasteiger partial charge in [-0.15, -0.1) is 0 Å². The van der Waals surface area contributed by atoms with Crippen LogP contribution in [0.25, 0.3) is 11.1 Å². The lowest BCUT2D eigenvalue weighted by molar-refractivity contribution is 0.0992. The number of hydrogen-bond donors (Lipinski definition) is 1. The molecule has 0 heterocycles. The summed E-state index contributed by atoms with van der Waals surface area (Å²) >= 11 is 3.38. The summed E-state index contributed by atoms with van der Waals surface area (Å²) in [5.74, 6) is 0.145. The summed E-state index contributed by atoms with van der Waals surface area (Å²) in [5.41, 5.74) is 5.42. The Labute approximate surface area is 185 Å². The predicted octanol–water partition coefficient (Wildman–Crippen LogP) is 6.84. The summed E-state index contributed by atoms with van der Waals surface area (Å²) in [6.45, 7) is 0. The van der Waals surface area contributed by atoms with Crippen LogP contribution >= 0.6 is 15.9 Å². The molecule has 0 fully saturated rings. The number of carbonyl (C=O) groups is 1. The van der Waals surface area contributed by atoms with E-state index < -0.39 is 0 Å².